The molecule has 1 aliphatic rings. The molecule has 35 heavy (non-hydrogen) atoms. The number of carbonyl (C=O) groups excluding carboxylic acids is 1. The van der Waals surface area contributed by atoms with E-state index in [9.17, 15) is 9.18 Å². The molecule has 4 rings (SSSR count). The van der Waals surface area contributed by atoms with Crippen LogP contribution in [0.2, 0.25) is 5.02 Å². The second-order valence-electron chi connectivity index (χ2n) is 9.55. The van der Waals surface area contributed by atoms with Crippen LogP contribution < -0.4 is 9.64 Å². The van der Waals surface area contributed by atoms with E-state index in [4.69, 9.17) is 31.0 Å². The Kier molecular flexibility index (Phi) is 7.03. The molecule has 2 aromatic heterocycles. The zero-order valence-electron chi connectivity index (χ0n) is 20.6. The van der Waals surface area contributed by atoms with Crippen molar-refractivity contribution in [2.24, 2.45) is 0 Å². The molecule has 1 atom stereocenters. The first-order valence-electron chi connectivity index (χ1n) is 11.7. The average Bonchev–Trinajstić information content (AvgIpc) is 2.78. The largest absolute Gasteiger partial charge is 0.478 e. The van der Waals surface area contributed by atoms with Crippen molar-refractivity contribution in [3.8, 4) is 17.1 Å². The molecule has 1 fully saturated rings. The van der Waals surface area contributed by atoms with Crippen LogP contribution in [-0.2, 0) is 4.74 Å². The fraction of sp³-hybridized carbons (Fsp3) is 0.423. The van der Waals surface area contributed by atoms with E-state index in [-0.39, 0.29) is 12.1 Å². The highest BCUT2D eigenvalue weighted by Gasteiger charge is 2.32. The Morgan fingerprint density at radius 3 is 2.60 bits per heavy atom. The predicted molar refractivity (Wildman–Crippen MR) is 136 cm³/mol. The van der Waals surface area contributed by atoms with Gasteiger partial charge >= 0.3 is 6.09 Å². The molecule has 1 saturated heterocycles. The Hall–Kier alpha value is -3.13. The van der Waals surface area contributed by atoms with Gasteiger partial charge in [-0.2, -0.15) is 4.98 Å². The number of aromatic nitrogens is 2. The maximum absolute atomic E-state index is 14.5. The lowest BCUT2D eigenvalue weighted by Gasteiger charge is -2.41. The number of nitrogens with zero attached hydrogens (tertiary/aromatic N) is 4. The Labute approximate surface area is 209 Å². The number of anilines is 1. The van der Waals surface area contributed by atoms with Gasteiger partial charge in [-0.3, -0.25) is 0 Å². The van der Waals surface area contributed by atoms with Gasteiger partial charge in [-0.05, 0) is 52.8 Å². The number of ether oxygens (including phenoxy) is 2. The molecule has 7 nitrogen and oxygen atoms in total. The Morgan fingerprint density at radius 1 is 1.20 bits per heavy atom. The molecular weight excluding hydrogens is 471 g/mol. The molecule has 0 radical (unpaired) electrons. The van der Waals surface area contributed by atoms with Gasteiger partial charge in [-0.1, -0.05) is 23.7 Å². The summed E-state index contributed by atoms with van der Waals surface area (Å²) in [6.45, 7) is 11.4. The van der Waals surface area contributed by atoms with Crippen molar-refractivity contribution < 1.29 is 18.7 Å². The maximum Gasteiger partial charge on any atom is 0.410 e. The molecule has 0 unspecified atom stereocenters. The van der Waals surface area contributed by atoms with Crippen molar-refractivity contribution >= 4 is 34.4 Å². The van der Waals surface area contributed by atoms with E-state index < -0.39 is 11.4 Å². The number of hydrogen-bond acceptors (Lipinski definition) is 6. The predicted octanol–water partition coefficient (Wildman–Crippen LogP) is 5.93. The third-order valence-corrected chi connectivity index (χ3v) is 5.98. The lowest BCUT2D eigenvalue weighted by atomic mass is 10.1. The van der Waals surface area contributed by atoms with E-state index in [1.54, 1.807) is 35.2 Å². The van der Waals surface area contributed by atoms with Gasteiger partial charge in [-0.15, -0.1) is 0 Å². The lowest BCUT2D eigenvalue weighted by Crippen LogP contribution is -2.54. The summed E-state index contributed by atoms with van der Waals surface area (Å²) in [7, 11) is 0. The molecule has 0 saturated carbocycles. The summed E-state index contributed by atoms with van der Waals surface area (Å²) in [4.78, 5) is 25.9. The van der Waals surface area contributed by atoms with Gasteiger partial charge in [0.05, 0.1) is 22.8 Å². The molecule has 1 aliphatic heterocycles. The normalized spacial score (nSPS) is 16.5. The van der Waals surface area contributed by atoms with Crippen LogP contribution in [0.5, 0.6) is 5.88 Å². The van der Waals surface area contributed by atoms with Crippen LogP contribution in [0.25, 0.3) is 22.2 Å². The highest BCUT2D eigenvalue weighted by Crippen LogP contribution is 2.36. The van der Waals surface area contributed by atoms with Crippen LogP contribution in [-0.4, -0.2) is 58.8 Å². The number of amides is 1. The fourth-order valence-corrected chi connectivity index (χ4v) is 4.41. The minimum Gasteiger partial charge on any atom is -0.478 e. The van der Waals surface area contributed by atoms with Crippen LogP contribution in [0.1, 0.15) is 34.6 Å². The number of pyridine rings is 2. The van der Waals surface area contributed by atoms with Crippen LogP contribution >= 0.6 is 11.6 Å². The number of hydrogen-bond donors (Lipinski definition) is 0. The molecule has 9 heteroatoms. The monoisotopic (exact) mass is 500 g/mol. The van der Waals surface area contributed by atoms with Crippen molar-refractivity contribution in [2.75, 3.05) is 31.1 Å². The number of piperazine rings is 1. The quantitative estimate of drug-likeness (QED) is 0.442. The minimum atomic E-state index is -0.556. The molecule has 3 aromatic rings. The van der Waals surface area contributed by atoms with E-state index in [1.807, 2.05) is 34.6 Å². The summed E-state index contributed by atoms with van der Waals surface area (Å²) in [5.41, 5.74) is 0.733. The van der Waals surface area contributed by atoms with E-state index in [0.29, 0.717) is 59.7 Å². The third-order valence-electron chi connectivity index (χ3n) is 5.70. The summed E-state index contributed by atoms with van der Waals surface area (Å²) < 4.78 is 25.8. The molecule has 0 spiro atoms. The van der Waals surface area contributed by atoms with Gasteiger partial charge in [0.25, 0.3) is 0 Å². The van der Waals surface area contributed by atoms with Crippen molar-refractivity contribution in [3.63, 3.8) is 0 Å². The molecule has 3 heterocycles. The van der Waals surface area contributed by atoms with Gasteiger partial charge < -0.3 is 19.3 Å². The summed E-state index contributed by atoms with van der Waals surface area (Å²) in [6, 6.07) is 9.87. The molecule has 1 aromatic carbocycles. The number of halogens is 2. The molecule has 0 N–H and O–H groups in total. The number of fused-ring (bicyclic) bond motifs is 1. The Morgan fingerprint density at radius 2 is 1.94 bits per heavy atom. The van der Waals surface area contributed by atoms with E-state index in [1.165, 1.54) is 6.07 Å². The first kappa shape index (κ1) is 25.0. The van der Waals surface area contributed by atoms with Crippen LogP contribution in [0.4, 0.5) is 15.0 Å². The second kappa shape index (κ2) is 9.85. The fourth-order valence-electron chi connectivity index (χ4n) is 4.15. The van der Waals surface area contributed by atoms with Crippen LogP contribution in [0.15, 0.2) is 36.4 Å². The topological polar surface area (TPSA) is 67.8 Å². The zero-order valence-corrected chi connectivity index (χ0v) is 21.4. The number of carbonyl (C=O) groups is 1. The summed E-state index contributed by atoms with van der Waals surface area (Å²) in [5, 5.41) is 1.06. The highest BCUT2D eigenvalue weighted by molar-refractivity contribution is 6.34. The van der Waals surface area contributed by atoms with Gasteiger partial charge in [0.1, 0.15) is 17.2 Å². The molecule has 1 amide bonds. The SMILES string of the molecule is CCOc1cc2nc(-c3ccccc3F)c(Cl)cc2c(N2CCN(C(=O)OC(C)(C)C)C[C@@H]2C)n1. The van der Waals surface area contributed by atoms with E-state index in [2.05, 4.69) is 4.90 Å². The summed E-state index contributed by atoms with van der Waals surface area (Å²) in [5.74, 6) is 0.690. The van der Waals surface area contributed by atoms with E-state index >= 15 is 0 Å². The van der Waals surface area contributed by atoms with Gasteiger partial charge in [0, 0.05) is 42.7 Å². The zero-order chi connectivity index (χ0) is 25.3. The Bertz CT molecular complexity index is 1250. The van der Waals surface area contributed by atoms with Crippen molar-refractivity contribution in [3.05, 3.63) is 47.2 Å². The average molecular weight is 501 g/mol. The first-order chi connectivity index (χ1) is 16.6. The lowest BCUT2D eigenvalue weighted by molar-refractivity contribution is 0.0218. The third kappa shape index (κ3) is 5.42. The second-order valence-corrected chi connectivity index (χ2v) is 9.96. The molecular formula is C26H30ClFN4O3. The first-order valence-corrected chi connectivity index (χ1v) is 12.1. The van der Waals surface area contributed by atoms with Gasteiger partial charge in [0.2, 0.25) is 5.88 Å². The minimum absolute atomic E-state index is 0.0473. The van der Waals surface area contributed by atoms with E-state index in [0.717, 1.165) is 5.39 Å². The van der Waals surface area contributed by atoms with Crippen molar-refractivity contribution in [1.29, 1.82) is 0 Å². The van der Waals surface area contributed by atoms with Gasteiger partial charge in [0.15, 0.2) is 0 Å². The van der Waals surface area contributed by atoms with Crippen LogP contribution in [0, 0.1) is 5.82 Å². The smallest absolute Gasteiger partial charge is 0.410 e. The Balaban J connectivity index is 1.72. The molecule has 0 bridgehead atoms. The highest BCUT2D eigenvalue weighted by atomic mass is 35.5. The van der Waals surface area contributed by atoms with Crippen molar-refractivity contribution in [1.82, 2.24) is 14.9 Å². The number of benzene rings is 1. The number of rotatable bonds is 4. The standard InChI is InChI=1S/C26H30ClFN4O3/c1-6-34-22-14-21-18(13-19(27)23(29-21)17-9-7-8-10-20(17)28)24(30-22)32-12-11-31(15-16(32)2)25(33)35-26(3,4)5/h7-10,13-14,16H,6,11-12,15H2,1-5H3/t16-/m0/s1. The van der Waals surface area contributed by atoms with Crippen molar-refractivity contribution in [2.45, 2.75) is 46.3 Å². The van der Waals surface area contributed by atoms with Crippen LogP contribution in [0.3, 0.4) is 0 Å². The summed E-state index contributed by atoms with van der Waals surface area (Å²) >= 11 is 6.61. The summed E-state index contributed by atoms with van der Waals surface area (Å²) in [6.07, 6.45) is -0.330. The van der Waals surface area contributed by atoms with Gasteiger partial charge in [-0.25, -0.2) is 14.2 Å². The molecule has 0 aliphatic carbocycles. The maximum atomic E-state index is 14.5. The molecule has 186 valence electrons.